The van der Waals surface area contributed by atoms with E-state index in [1.54, 1.807) is 4.90 Å². The van der Waals surface area contributed by atoms with Gasteiger partial charge in [0.15, 0.2) is 0 Å². The van der Waals surface area contributed by atoms with Gasteiger partial charge in [0.1, 0.15) is 0 Å². The van der Waals surface area contributed by atoms with Gasteiger partial charge < -0.3 is 10.0 Å². The zero-order valence-corrected chi connectivity index (χ0v) is 8.71. The van der Waals surface area contributed by atoms with Gasteiger partial charge in [0, 0.05) is 13.1 Å². The highest BCUT2D eigenvalue weighted by molar-refractivity contribution is 5.47. The molecule has 3 heteroatoms. The van der Waals surface area contributed by atoms with Gasteiger partial charge in [-0.1, -0.05) is 20.8 Å². The smallest absolute Gasteiger partial charge is 0.209 e. The standard InChI is InChI=1S/C10H19NO2/c1-9(2,3)10(13)4-6-11(8-12)7-5-10/h8,13H,4-7H2,1-3H3. The maximum Gasteiger partial charge on any atom is 0.209 e. The largest absolute Gasteiger partial charge is 0.389 e. The average molecular weight is 185 g/mol. The molecule has 0 aromatic carbocycles. The zero-order chi connectivity index (χ0) is 10.1. The van der Waals surface area contributed by atoms with Crippen LogP contribution in [0.1, 0.15) is 33.6 Å². The molecule has 1 heterocycles. The van der Waals surface area contributed by atoms with Crippen LogP contribution in [0.15, 0.2) is 0 Å². The Kier molecular flexibility index (Phi) is 2.66. The predicted octanol–water partition coefficient (Wildman–Crippen LogP) is 1.02. The third-order valence-corrected chi connectivity index (χ3v) is 3.17. The summed E-state index contributed by atoms with van der Waals surface area (Å²) in [6, 6.07) is 0. The highest BCUT2D eigenvalue weighted by Gasteiger charge is 2.41. The van der Waals surface area contributed by atoms with Gasteiger partial charge in [-0.05, 0) is 18.3 Å². The van der Waals surface area contributed by atoms with Crippen molar-refractivity contribution in [3.05, 3.63) is 0 Å². The molecule has 1 aliphatic heterocycles. The molecule has 0 saturated carbocycles. The minimum atomic E-state index is -0.605. The minimum absolute atomic E-state index is 0.0953. The number of carbonyl (C=O) groups is 1. The van der Waals surface area contributed by atoms with E-state index in [9.17, 15) is 9.90 Å². The normalized spacial score (nSPS) is 22.9. The fourth-order valence-corrected chi connectivity index (χ4v) is 1.75. The zero-order valence-electron chi connectivity index (χ0n) is 8.71. The Hall–Kier alpha value is -0.570. The Labute approximate surface area is 79.7 Å². The predicted molar refractivity (Wildman–Crippen MR) is 51.3 cm³/mol. The van der Waals surface area contributed by atoms with E-state index in [4.69, 9.17) is 0 Å². The molecule has 1 amide bonds. The van der Waals surface area contributed by atoms with Crippen LogP contribution in [0.25, 0.3) is 0 Å². The SMILES string of the molecule is CC(C)(C)C1(O)CCN(C=O)CC1. The highest BCUT2D eigenvalue weighted by atomic mass is 16.3. The lowest BCUT2D eigenvalue weighted by molar-refractivity contribution is -0.129. The van der Waals surface area contributed by atoms with Gasteiger partial charge in [-0.3, -0.25) is 4.79 Å². The molecule has 76 valence electrons. The van der Waals surface area contributed by atoms with Gasteiger partial charge in [-0.25, -0.2) is 0 Å². The molecule has 0 spiro atoms. The van der Waals surface area contributed by atoms with Crippen molar-refractivity contribution in [2.75, 3.05) is 13.1 Å². The van der Waals surface area contributed by atoms with Crippen LogP contribution in [-0.2, 0) is 4.79 Å². The summed E-state index contributed by atoms with van der Waals surface area (Å²) in [4.78, 5) is 12.2. The van der Waals surface area contributed by atoms with Crippen LogP contribution >= 0.6 is 0 Å². The summed E-state index contributed by atoms with van der Waals surface area (Å²) in [5.74, 6) is 0. The lowest BCUT2D eigenvalue weighted by Crippen LogP contribution is -2.51. The number of amides is 1. The first-order valence-corrected chi connectivity index (χ1v) is 4.81. The van der Waals surface area contributed by atoms with Crippen molar-refractivity contribution < 1.29 is 9.90 Å². The molecule has 3 nitrogen and oxygen atoms in total. The highest BCUT2D eigenvalue weighted by Crippen LogP contribution is 2.38. The average Bonchev–Trinajstić information content (AvgIpc) is 2.04. The summed E-state index contributed by atoms with van der Waals surface area (Å²) < 4.78 is 0. The van der Waals surface area contributed by atoms with Crippen LogP contribution in [0.3, 0.4) is 0 Å². The van der Waals surface area contributed by atoms with Crippen LogP contribution in [0.4, 0.5) is 0 Å². The first-order valence-electron chi connectivity index (χ1n) is 4.81. The maximum atomic E-state index is 10.5. The van der Waals surface area contributed by atoms with Crippen molar-refractivity contribution in [1.29, 1.82) is 0 Å². The Morgan fingerprint density at radius 2 is 1.77 bits per heavy atom. The quantitative estimate of drug-likeness (QED) is 0.619. The molecule has 0 bridgehead atoms. The van der Waals surface area contributed by atoms with Gasteiger partial charge in [0.05, 0.1) is 5.60 Å². The minimum Gasteiger partial charge on any atom is -0.389 e. The third kappa shape index (κ3) is 2.02. The van der Waals surface area contributed by atoms with E-state index in [1.807, 2.05) is 20.8 Å². The molecule has 1 rings (SSSR count). The Balaban J connectivity index is 2.61. The van der Waals surface area contributed by atoms with E-state index in [1.165, 1.54) is 0 Å². The van der Waals surface area contributed by atoms with Crippen LogP contribution in [-0.4, -0.2) is 35.1 Å². The lowest BCUT2D eigenvalue weighted by atomic mass is 9.71. The van der Waals surface area contributed by atoms with Crippen molar-refractivity contribution in [2.24, 2.45) is 5.41 Å². The molecule has 0 atom stereocenters. The molecule has 1 fully saturated rings. The number of aliphatic hydroxyl groups is 1. The monoisotopic (exact) mass is 185 g/mol. The Morgan fingerprint density at radius 3 is 2.08 bits per heavy atom. The fraction of sp³-hybridized carbons (Fsp3) is 0.900. The number of piperidine rings is 1. The molecule has 0 unspecified atom stereocenters. The number of nitrogens with zero attached hydrogens (tertiary/aromatic N) is 1. The molecule has 1 saturated heterocycles. The molecule has 0 radical (unpaired) electrons. The molecule has 13 heavy (non-hydrogen) atoms. The van der Waals surface area contributed by atoms with Crippen molar-refractivity contribution >= 4 is 6.41 Å². The summed E-state index contributed by atoms with van der Waals surface area (Å²) in [5, 5.41) is 10.3. The van der Waals surface area contributed by atoms with Crippen LogP contribution in [0.2, 0.25) is 0 Å². The molecule has 1 aliphatic rings. The van der Waals surface area contributed by atoms with E-state index in [0.717, 1.165) is 6.41 Å². The molecule has 0 aliphatic carbocycles. The number of likely N-dealkylation sites (tertiary alicyclic amines) is 1. The fourth-order valence-electron chi connectivity index (χ4n) is 1.75. The maximum absolute atomic E-state index is 10.5. The second-order valence-corrected chi connectivity index (χ2v) is 4.92. The summed E-state index contributed by atoms with van der Waals surface area (Å²) in [6.45, 7) is 7.49. The van der Waals surface area contributed by atoms with Crippen molar-refractivity contribution in [3.8, 4) is 0 Å². The van der Waals surface area contributed by atoms with Gasteiger partial charge in [-0.2, -0.15) is 0 Å². The van der Waals surface area contributed by atoms with E-state index < -0.39 is 5.60 Å². The Morgan fingerprint density at radius 1 is 1.31 bits per heavy atom. The first kappa shape index (κ1) is 10.5. The van der Waals surface area contributed by atoms with E-state index in [2.05, 4.69) is 0 Å². The second kappa shape index (κ2) is 3.29. The first-order chi connectivity index (χ1) is 5.89. The number of carbonyl (C=O) groups excluding carboxylic acids is 1. The number of hydrogen-bond donors (Lipinski definition) is 1. The molecule has 0 aromatic rings. The molecular weight excluding hydrogens is 166 g/mol. The molecular formula is C10H19NO2. The van der Waals surface area contributed by atoms with Gasteiger partial charge in [0.25, 0.3) is 0 Å². The Bertz CT molecular complexity index is 188. The van der Waals surface area contributed by atoms with Crippen molar-refractivity contribution in [2.45, 2.75) is 39.2 Å². The summed E-state index contributed by atoms with van der Waals surface area (Å²) >= 11 is 0. The van der Waals surface area contributed by atoms with Crippen LogP contribution < -0.4 is 0 Å². The van der Waals surface area contributed by atoms with Crippen LogP contribution in [0, 0.1) is 5.41 Å². The van der Waals surface area contributed by atoms with Gasteiger partial charge in [-0.15, -0.1) is 0 Å². The lowest BCUT2D eigenvalue weighted by Gasteiger charge is -2.45. The number of hydrogen-bond acceptors (Lipinski definition) is 2. The van der Waals surface area contributed by atoms with Crippen LogP contribution in [0.5, 0.6) is 0 Å². The second-order valence-electron chi connectivity index (χ2n) is 4.92. The summed E-state index contributed by atoms with van der Waals surface area (Å²) in [5.41, 5.74) is -0.700. The van der Waals surface area contributed by atoms with E-state index in [0.29, 0.717) is 25.9 Å². The van der Waals surface area contributed by atoms with Crippen molar-refractivity contribution in [3.63, 3.8) is 0 Å². The summed E-state index contributed by atoms with van der Waals surface area (Å²) in [7, 11) is 0. The van der Waals surface area contributed by atoms with E-state index >= 15 is 0 Å². The van der Waals surface area contributed by atoms with Gasteiger partial charge in [0.2, 0.25) is 6.41 Å². The molecule has 1 N–H and O–H groups in total. The topological polar surface area (TPSA) is 40.5 Å². The van der Waals surface area contributed by atoms with E-state index in [-0.39, 0.29) is 5.41 Å². The van der Waals surface area contributed by atoms with Crippen molar-refractivity contribution in [1.82, 2.24) is 4.90 Å². The number of rotatable bonds is 1. The summed E-state index contributed by atoms with van der Waals surface area (Å²) in [6.07, 6.45) is 2.24. The third-order valence-electron chi connectivity index (χ3n) is 3.17. The van der Waals surface area contributed by atoms with Gasteiger partial charge >= 0.3 is 0 Å². The molecule has 0 aromatic heterocycles.